The van der Waals surface area contributed by atoms with Gasteiger partial charge in [-0.05, 0) is 25.1 Å². The fourth-order valence-corrected chi connectivity index (χ4v) is 1.77. The van der Waals surface area contributed by atoms with Crippen molar-refractivity contribution >= 4 is 11.4 Å². The van der Waals surface area contributed by atoms with Gasteiger partial charge in [0, 0.05) is 19.3 Å². The molecular formula is C17H16N4. The maximum Gasteiger partial charge on any atom is 0.526 e. The van der Waals surface area contributed by atoms with Gasteiger partial charge in [0.2, 0.25) is 0 Å². The standard InChI is InChI=1S/C17H16N4/c1-5-21(6-2)12-11-16(13-18)14-7-9-15(10-8-14)17(19-3)20-4/h7-12H,5-6H2,1-2H3/b12-11+. The summed E-state index contributed by atoms with van der Waals surface area (Å²) in [6, 6.07) is 9.09. The number of rotatable bonds is 4. The fourth-order valence-electron chi connectivity index (χ4n) is 1.77. The molecule has 1 aromatic carbocycles. The molecule has 4 nitrogen and oxygen atoms in total. The van der Waals surface area contributed by atoms with Crippen molar-refractivity contribution in [1.82, 2.24) is 4.90 Å². The minimum absolute atomic E-state index is 0.0405. The Balaban J connectivity index is 3.30. The quantitative estimate of drug-likeness (QED) is 0.790. The van der Waals surface area contributed by atoms with Gasteiger partial charge in [0.1, 0.15) is 13.1 Å². The van der Waals surface area contributed by atoms with Gasteiger partial charge in [-0.2, -0.15) is 15.0 Å². The predicted octanol–water partition coefficient (Wildman–Crippen LogP) is 2.12. The number of benzene rings is 1. The zero-order valence-electron chi connectivity index (χ0n) is 12.2. The molecule has 0 aromatic heterocycles. The Bertz CT molecular complexity index is 723. The van der Waals surface area contributed by atoms with Crippen molar-refractivity contribution < 1.29 is 0 Å². The minimum Gasteiger partial charge on any atom is -0.378 e. The average molecular weight is 276 g/mol. The van der Waals surface area contributed by atoms with E-state index in [1.54, 1.807) is 30.3 Å². The SMILES string of the molecule is [C-]#[N+]C([N+]#[C-])=c1ccc(=C(C#N)/C=C/N(CC)CC)cc1. The third-order valence-corrected chi connectivity index (χ3v) is 3.05. The van der Waals surface area contributed by atoms with Crippen molar-refractivity contribution in [2.45, 2.75) is 13.8 Å². The summed E-state index contributed by atoms with van der Waals surface area (Å²) in [5.74, 6) is 0.0405. The topological polar surface area (TPSA) is 35.8 Å². The van der Waals surface area contributed by atoms with Gasteiger partial charge < -0.3 is 4.90 Å². The summed E-state index contributed by atoms with van der Waals surface area (Å²) in [7, 11) is 0. The van der Waals surface area contributed by atoms with Gasteiger partial charge in [-0.25, -0.2) is 0 Å². The Morgan fingerprint density at radius 2 is 1.67 bits per heavy atom. The van der Waals surface area contributed by atoms with E-state index in [9.17, 15) is 5.26 Å². The van der Waals surface area contributed by atoms with E-state index in [1.807, 2.05) is 6.20 Å². The molecule has 0 heterocycles. The molecule has 0 unspecified atom stereocenters. The van der Waals surface area contributed by atoms with Crippen LogP contribution >= 0.6 is 0 Å². The van der Waals surface area contributed by atoms with Gasteiger partial charge in [-0.15, -0.1) is 0 Å². The second-order valence-electron chi connectivity index (χ2n) is 4.19. The molecule has 0 spiro atoms. The number of hydrogen-bond acceptors (Lipinski definition) is 2. The summed E-state index contributed by atoms with van der Waals surface area (Å²) < 4.78 is 0. The van der Waals surface area contributed by atoms with Crippen molar-refractivity contribution in [1.29, 1.82) is 5.26 Å². The Labute approximate surface area is 125 Å². The molecule has 0 aliphatic heterocycles. The second-order valence-corrected chi connectivity index (χ2v) is 4.19. The van der Waals surface area contributed by atoms with E-state index in [0.717, 1.165) is 18.3 Å². The van der Waals surface area contributed by atoms with E-state index in [4.69, 9.17) is 13.1 Å². The lowest BCUT2D eigenvalue weighted by atomic mass is 10.1. The van der Waals surface area contributed by atoms with Gasteiger partial charge >= 0.3 is 5.82 Å². The van der Waals surface area contributed by atoms with E-state index >= 15 is 0 Å². The Morgan fingerprint density at radius 1 is 1.14 bits per heavy atom. The lowest BCUT2D eigenvalue weighted by Crippen LogP contribution is -2.16. The predicted molar refractivity (Wildman–Crippen MR) is 83.4 cm³/mol. The molecule has 0 radical (unpaired) electrons. The zero-order valence-corrected chi connectivity index (χ0v) is 12.2. The molecule has 0 saturated heterocycles. The van der Waals surface area contributed by atoms with E-state index < -0.39 is 0 Å². The molecule has 104 valence electrons. The van der Waals surface area contributed by atoms with Gasteiger partial charge in [0.05, 0.1) is 16.9 Å². The largest absolute Gasteiger partial charge is 0.526 e. The summed E-state index contributed by atoms with van der Waals surface area (Å²) >= 11 is 0. The van der Waals surface area contributed by atoms with Crippen LogP contribution in [0.2, 0.25) is 0 Å². The molecule has 1 rings (SSSR count). The zero-order chi connectivity index (χ0) is 15.7. The molecule has 21 heavy (non-hydrogen) atoms. The average Bonchev–Trinajstić information content (AvgIpc) is 2.54. The van der Waals surface area contributed by atoms with E-state index in [-0.39, 0.29) is 5.82 Å². The normalized spacial score (nSPS) is 9.48. The van der Waals surface area contributed by atoms with Gasteiger partial charge in [0.25, 0.3) is 0 Å². The van der Waals surface area contributed by atoms with Gasteiger partial charge in [0.15, 0.2) is 0 Å². The maximum absolute atomic E-state index is 9.25. The molecule has 0 amide bonds. The monoisotopic (exact) mass is 276 g/mol. The lowest BCUT2D eigenvalue weighted by Gasteiger charge is -2.14. The molecule has 0 saturated carbocycles. The Hall–Kier alpha value is -3.03. The van der Waals surface area contributed by atoms with E-state index in [2.05, 4.69) is 34.5 Å². The van der Waals surface area contributed by atoms with E-state index in [0.29, 0.717) is 10.8 Å². The molecule has 0 bridgehead atoms. The lowest BCUT2D eigenvalue weighted by molar-refractivity contribution is 0.419. The first-order valence-corrected chi connectivity index (χ1v) is 6.62. The van der Waals surface area contributed by atoms with Crippen molar-refractivity contribution in [3.8, 4) is 6.07 Å². The maximum atomic E-state index is 9.25. The number of allylic oxidation sites excluding steroid dienone is 1. The van der Waals surface area contributed by atoms with Gasteiger partial charge in [-0.3, -0.25) is 0 Å². The van der Waals surface area contributed by atoms with Crippen LogP contribution in [0.15, 0.2) is 36.5 Å². The smallest absolute Gasteiger partial charge is 0.378 e. The molecule has 1 aromatic rings. The van der Waals surface area contributed by atoms with Crippen molar-refractivity contribution in [3.63, 3.8) is 0 Å². The molecular weight excluding hydrogens is 260 g/mol. The number of hydrogen-bond donors (Lipinski definition) is 0. The first kappa shape index (κ1) is 16.0. The van der Waals surface area contributed by atoms with Crippen LogP contribution < -0.4 is 10.4 Å². The molecule has 0 aliphatic rings. The highest BCUT2D eigenvalue weighted by molar-refractivity contribution is 5.69. The third-order valence-electron chi connectivity index (χ3n) is 3.05. The highest BCUT2D eigenvalue weighted by Gasteiger charge is 2.02. The summed E-state index contributed by atoms with van der Waals surface area (Å²) in [6.45, 7) is 19.7. The molecule has 0 aliphatic carbocycles. The van der Waals surface area contributed by atoms with Gasteiger partial charge in [-0.1, -0.05) is 24.3 Å². The molecule has 0 N–H and O–H groups in total. The molecule has 4 heteroatoms. The van der Waals surface area contributed by atoms with Crippen molar-refractivity contribution in [2.75, 3.05) is 13.1 Å². The first-order chi connectivity index (χ1) is 10.2. The number of nitrogens with zero attached hydrogens (tertiary/aromatic N) is 4. The molecule has 0 atom stereocenters. The minimum atomic E-state index is 0.0405. The Kier molecular flexibility index (Phi) is 6.26. The Morgan fingerprint density at radius 3 is 2.10 bits per heavy atom. The fraction of sp³-hybridized carbons (Fsp3) is 0.235. The van der Waals surface area contributed by atoms with Crippen LogP contribution in [-0.2, 0) is 0 Å². The van der Waals surface area contributed by atoms with Crippen molar-refractivity contribution in [3.05, 3.63) is 69.8 Å². The van der Waals surface area contributed by atoms with Crippen LogP contribution in [0.3, 0.4) is 0 Å². The third kappa shape index (κ3) is 4.23. The highest BCUT2D eigenvalue weighted by atomic mass is 15.1. The molecule has 0 fully saturated rings. The van der Waals surface area contributed by atoms with Crippen LogP contribution in [-0.4, -0.2) is 18.0 Å². The highest BCUT2D eigenvalue weighted by Crippen LogP contribution is 1.98. The van der Waals surface area contributed by atoms with Crippen LogP contribution in [0.25, 0.3) is 21.1 Å². The van der Waals surface area contributed by atoms with Crippen LogP contribution in [0.5, 0.6) is 0 Å². The van der Waals surface area contributed by atoms with Crippen LogP contribution in [0, 0.1) is 24.5 Å². The summed E-state index contributed by atoms with van der Waals surface area (Å²) in [6.07, 6.45) is 3.69. The van der Waals surface area contributed by atoms with E-state index in [1.165, 1.54) is 0 Å². The van der Waals surface area contributed by atoms with Crippen LogP contribution in [0.1, 0.15) is 13.8 Å². The summed E-state index contributed by atoms with van der Waals surface area (Å²) in [5, 5.41) is 10.6. The summed E-state index contributed by atoms with van der Waals surface area (Å²) in [4.78, 5) is 8.44. The number of nitriles is 1. The first-order valence-electron chi connectivity index (χ1n) is 6.62. The van der Waals surface area contributed by atoms with Crippen molar-refractivity contribution in [2.24, 2.45) is 0 Å². The summed E-state index contributed by atoms with van der Waals surface area (Å²) in [5.41, 5.74) is 0.556. The van der Waals surface area contributed by atoms with Crippen LogP contribution in [0.4, 0.5) is 0 Å². The second kappa shape index (κ2) is 8.20.